The van der Waals surface area contributed by atoms with Crippen molar-refractivity contribution in [2.75, 3.05) is 23.9 Å². The first-order valence-corrected chi connectivity index (χ1v) is 11.6. The third-order valence-corrected chi connectivity index (χ3v) is 6.04. The summed E-state index contributed by atoms with van der Waals surface area (Å²) in [6.07, 6.45) is 7.99. The number of carboxylic acids is 1. The van der Waals surface area contributed by atoms with E-state index in [1.54, 1.807) is 13.3 Å². The lowest BCUT2D eigenvalue weighted by Gasteiger charge is -2.38. The van der Waals surface area contributed by atoms with Gasteiger partial charge in [-0.15, -0.1) is 0 Å². The summed E-state index contributed by atoms with van der Waals surface area (Å²) in [6.45, 7) is 7.42. The molecule has 32 heavy (non-hydrogen) atoms. The van der Waals surface area contributed by atoms with Crippen molar-refractivity contribution < 1.29 is 14.6 Å². The van der Waals surface area contributed by atoms with Crippen molar-refractivity contribution in [2.24, 2.45) is 5.92 Å². The fourth-order valence-corrected chi connectivity index (χ4v) is 4.47. The standard InChI is InChI=1S/C25H36N4O3/c1-17(2)16-29(20-8-6-5-7-9-20)22-11-10-19(18(3)14-24(30)31)15-21(22)27-23-12-13-26-25(28-23)32-4/h10-13,15,17-18,20H,5-9,14,16H2,1-4H3,(H,30,31)(H,26,27,28). The number of methoxy groups -OCH3 is 1. The van der Waals surface area contributed by atoms with Crippen molar-refractivity contribution in [1.29, 1.82) is 0 Å². The highest BCUT2D eigenvalue weighted by Gasteiger charge is 2.25. The highest BCUT2D eigenvalue weighted by molar-refractivity contribution is 5.76. The number of anilines is 3. The van der Waals surface area contributed by atoms with Gasteiger partial charge < -0.3 is 20.1 Å². The second kappa shape index (κ2) is 11.2. The van der Waals surface area contributed by atoms with Crippen LogP contribution in [0, 0.1) is 5.92 Å². The Kier molecular flexibility index (Phi) is 8.31. The molecule has 1 unspecified atom stereocenters. The Labute approximate surface area is 191 Å². The summed E-state index contributed by atoms with van der Waals surface area (Å²) in [7, 11) is 1.55. The molecule has 7 heteroatoms. The molecule has 0 aliphatic heterocycles. The predicted octanol–water partition coefficient (Wildman–Crippen LogP) is 5.60. The van der Waals surface area contributed by atoms with Gasteiger partial charge in [0.15, 0.2) is 0 Å². The van der Waals surface area contributed by atoms with Gasteiger partial charge >= 0.3 is 12.0 Å². The molecule has 1 saturated carbocycles. The average Bonchev–Trinajstić information content (AvgIpc) is 2.78. The second-order valence-corrected chi connectivity index (χ2v) is 9.17. The number of hydrogen-bond acceptors (Lipinski definition) is 6. The first-order chi connectivity index (χ1) is 15.4. The van der Waals surface area contributed by atoms with Crippen LogP contribution in [-0.2, 0) is 4.79 Å². The Balaban J connectivity index is 2.02. The Morgan fingerprint density at radius 1 is 1.22 bits per heavy atom. The molecule has 1 aromatic carbocycles. The van der Waals surface area contributed by atoms with Gasteiger partial charge in [0, 0.05) is 18.8 Å². The van der Waals surface area contributed by atoms with E-state index >= 15 is 0 Å². The van der Waals surface area contributed by atoms with Gasteiger partial charge in [-0.2, -0.15) is 4.98 Å². The molecule has 1 aromatic heterocycles. The van der Waals surface area contributed by atoms with Crippen molar-refractivity contribution in [3.05, 3.63) is 36.0 Å². The summed E-state index contributed by atoms with van der Waals surface area (Å²) < 4.78 is 5.19. The Morgan fingerprint density at radius 3 is 2.62 bits per heavy atom. The number of benzene rings is 1. The number of hydrogen-bond donors (Lipinski definition) is 2. The van der Waals surface area contributed by atoms with Crippen molar-refractivity contribution in [1.82, 2.24) is 9.97 Å². The molecule has 0 spiro atoms. The van der Waals surface area contributed by atoms with Crippen molar-refractivity contribution >= 4 is 23.2 Å². The van der Waals surface area contributed by atoms with Crippen LogP contribution in [0.3, 0.4) is 0 Å². The second-order valence-electron chi connectivity index (χ2n) is 9.17. The summed E-state index contributed by atoms with van der Waals surface area (Å²) in [5.74, 6) is 0.291. The first kappa shape index (κ1) is 23.8. The molecule has 0 bridgehead atoms. The Bertz CT molecular complexity index is 897. The van der Waals surface area contributed by atoms with Gasteiger partial charge in [-0.3, -0.25) is 4.79 Å². The summed E-state index contributed by atoms with van der Waals surface area (Å²) in [6, 6.07) is 8.92. The van der Waals surface area contributed by atoms with Gasteiger partial charge in [0.05, 0.1) is 24.9 Å². The van der Waals surface area contributed by atoms with E-state index < -0.39 is 5.97 Å². The highest BCUT2D eigenvalue weighted by Crippen LogP contribution is 2.37. The van der Waals surface area contributed by atoms with Crippen LogP contribution in [-0.4, -0.2) is 40.7 Å². The number of aromatic nitrogens is 2. The number of ether oxygens (including phenoxy) is 1. The highest BCUT2D eigenvalue weighted by atomic mass is 16.5. The zero-order valence-corrected chi connectivity index (χ0v) is 19.7. The van der Waals surface area contributed by atoms with E-state index in [1.807, 2.05) is 13.0 Å². The molecule has 1 heterocycles. The normalized spacial score (nSPS) is 15.4. The van der Waals surface area contributed by atoms with Gasteiger partial charge in [-0.1, -0.05) is 46.1 Å². The van der Waals surface area contributed by atoms with E-state index in [2.05, 4.69) is 52.2 Å². The molecular weight excluding hydrogens is 404 g/mol. The maximum atomic E-state index is 11.3. The van der Waals surface area contributed by atoms with Crippen molar-refractivity contribution in [3.8, 4) is 6.01 Å². The summed E-state index contributed by atoms with van der Waals surface area (Å²) in [5, 5.41) is 12.7. The number of nitrogens with one attached hydrogen (secondary N) is 1. The molecular formula is C25H36N4O3. The van der Waals surface area contributed by atoms with E-state index in [4.69, 9.17) is 4.74 Å². The fraction of sp³-hybridized carbons (Fsp3) is 0.560. The average molecular weight is 441 g/mol. The largest absolute Gasteiger partial charge is 0.481 e. The lowest BCUT2D eigenvalue weighted by Crippen LogP contribution is -2.39. The van der Waals surface area contributed by atoms with Crippen LogP contribution in [0.1, 0.15) is 70.8 Å². The monoisotopic (exact) mass is 440 g/mol. The Morgan fingerprint density at radius 2 is 1.97 bits per heavy atom. The number of nitrogens with zero attached hydrogens (tertiary/aromatic N) is 3. The van der Waals surface area contributed by atoms with Crippen LogP contribution < -0.4 is 15.0 Å². The molecule has 1 aliphatic carbocycles. The maximum absolute atomic E-state index is 11.3. The van der Waals surface area contributed by atoms with Gasteiger partial charge in [-0.25, -0.2) is 4.98 Å². The minimum Gasteiger partial charge on any atom is -0.481 e. The molecule has 0 saturated heterocycles. The predicted molar refractivity (Wildman–Crippen MR) is 128 cm³/mol. The summed E-state index contributed by atoms with van der Waals surface area (Å²) in [5.41, 5.74) is 3.06. The molecule has 2 N–H and O–H groups in total. The van der Waals surface area contributed by atoms with Crippen LogP contribution in [0.25, 0.3) is 0 Å². The van der Waals surface area contributed by atoms with Crippen LogP contribution >= 0.6 is 0 Å². The van der Waals surface area contributed by atoms with E-state index in [0.29, 0.717) is 23.8 Å². The first-order valence-electron chi connectivity index (χ1n) is 11.6. The number of aliphatic carboxylic acids is 1. The van der Waals surface area contributed by atoms with E-state index in [0.717, 1.165) is 23.5 Å². The van der Waals surface area contributed by atoms with Gasteiger partial charge in [0.1, 0.15) is 5.82 Å². The topological polar surface area (TPSA) is 87.6 Å². The molecule has 0 amide bonds. The van der Waals surface area contributed by atoms with Gasteiger partial charge in [0.25, 0.3) is 0 Å². The zero-order chi connectivity index (χ0) is 23.1. The molecule has 0 radical (unpaired) electrons. The molecule has 174 valence electrons. The van der Waals surface area contributed by atoms with E-state index in [1.165, 1.54) is 32.1 Å². The zero-order valence-electron chi connectivity index (χ0n) is 19.7. The lowest BCUT2D eigenvalue weighted by molar-refractivity contribution is -0.137. The molecule has 7 nitrogen and oxygen atoms in total. The number of carboxylic acid groups (broad SMARTS) is 1. The molecule has 3 rings (SSSR count). The van der Waals surface area contributed by atoms with Crippen LogP contribution in [0.5, 0.6) is 6.01 Å². The van der Waals surface area contributed by atoms with Crippen LogP contribution in [0.15, 0.2) is 30.5 Å². The fourth-order valence-electron chi connectivity index (χ4n) is 4.47. The minimum atomic E-state index is -0.791. The summed E-state index contributed by atoms with van der Waals surface area (Å²) >= 11 is 0. The van der Waals surface area contributed by atoms with E-state index in [-0.39, 0.29) is 12.3 Å². The maximum Gasteiger partial charge on any atom is 0.318 e. The van der Waals surface area contributed by atoms with E-state index in [9.17, 15) is 9.90 Å². The van der Waals surface area contributed by atoms with Gasteiger partial charge in [0.2, 0.25) is 0 Å². The van der Waals surface area contributed by atoms with Gasteiger partial charge in [-0.05, 0) is 48.4 Å². The van der Waals surface area contributed by atoms with Crippen molar-refractivity contribution in [3.63, 3.8) is 0 Å². The molecule has 1 fully saturated rings. The number of rotatable bonds is 10. The lowest BCUT2D eigenvalue weighted by atomic mass is 9.92. The third kappa shape index (κ3) is 6.34. The van der Waals surface area contributed by atoms with Crippen LogP contribution in [0.2, 0.25) is 0 Å². The molecule has 1 aliphatic rings. The minimum absolute atomic E-state index is 0.0877. The third-order valence-electron chi connectivity index (χ3n) is 6.04. The quantitative estimate of drug-likeness (QED) is 0.497. The molecule has 2 aromatic rings. The SMILES string of the molecule is COc1nccc(Nc2cc(C(C)CC(=O)O)ccc2N(CC(C)C)C2CCCCC2)n1. The van der Waals surface area contributed by atoms with Crippen LogP contribution in [0.4, 0.5) is 17.2 Å². The Hall–Kier alpha value is -2.83. The summed E-state index contributed by atoms with van der Waals surface area (Å²) in [4.78, 5) is 22.3. The smallest absolute Gasteiger partial charge is 0.318 e. The number of carbonyl (C=O) groups is 1. The van der Waals surface area contributed by atoms with Crippen molar-refractivity contribution in [2.45, 2.75) is 71.3 Å². The molecule has 1 atom stereocenters.